The van der Waals surface area contributed by atoms with Crippen LogP contribution in [-0.2, 0) is 4.79 Å². The maximum absolute atomic E-state index is 13.0. The van der Waals surface area contributed by atoms with E-state index in [-0.39, 0.29) is 11.3 Å². The van der Waals surface area contributed by atoms with Crippen LogP contribution in [0.5, 0.6) is 0 Å². The lowest BCUT2D eigenvalue weighted by Crippen LogP contribution is -2.59. The third kappa shape index (κ3) is 2.77. The number of halogens is 1. The van der Waals surface area contributed by atoms with E-state index in [9.17, 15) is 4.79 Å². The molecule has 0 aliphatic heterocycles. The molecule has 1 N–H and O–H groups in total. The molecule has 4 aliphatic rings. The van der Waals surface area contributed by atoms with E-state index in [4.69, 9.17) is 11.6 Å². The molecule has 4 aliphatic carbocycles. The molecule has 1 amide bonds. The van der Waals surface area contributed by atoms with Gasteiger partial charge in [-0.3, -0.25) is 4.79 Å². The molecule has 24 heavy (non-hydrogen) atoms. The van der Waals surface area contributed by atoms with E-state index in [2.05, 4.69) is 24.4 Å². The maximum Gasteiger partial charge on any atom is 0.246 e. The van der Waals surface area contributed by atoms with Crippen LogP contribution in [0.3, 0.4) is 0 Å². The smallest absolute Gasteiger partial charge is 0.246 e. The van der Waals surface area contributed by atoms with Crippen molar-refractivity contribution in [1.82, 2.24) is 5.43 Å². The van der Waals surface area contributed by atoms with E-state index in [1.165, 1.54) is 19.3 Å². The van der Waals surface area contributed by atoms with E-state index in [1.807, 2.05) is 24.3 Å². The molecule has 5 rings (SSSR count). The number of benzene rings is 1. The Bertz CT molecular complexity index is 695. The lowest BCUT2D eigenvalue weighted by atomic mass is 9.40. The van der Waals surface area contributed by atoms with Crippen molar-refractivity contribution in [3.8, 4) is 0 Å². The molecule has 3 nitrogen and oxygen atoms in total. The van der Waals surface area contributed by atoms with Crippen molar-refractivity contribution in [1.29, 1.82) is 0 Å². The number of rotatable bonds is 3. The zero-order valence-electron chi connectivity index (χ0n) is 14.4. The molecule has 4 bridgehead atoms. The molecule has 0 saturated heterocycles. The topological polar surface area (TPSA) is 41.5 Å². The molecule has 2 unspecified atom stereocenters. The van der Waals surface area contributed by atoms with Crippen molar-refractivity contribution < 1.29 is 4.79 Å². The quantitative estimate of drug-likeness (QED) is 0.621. The highest BCUT2D eigenvalue weighted by atomic mass is 35.5. The van der Waals surface area contributed by atoms with Crippen LogP contribution in [0.1, 0.15) is 57.9 Å². The lowest BCUT2D eigenvalue weighted by Gasteiger charge is -2.64. The molecule has 4 saturated carbocycles. The second-order valence-corrected chi connectivity index (χ2v) is 9.60. The minimum Gasteiger partial charge on any atom is -0.273 e. The predicted octanol–water partition coefficient (Wildman–Crippen LogP) is 4.79. The van der Waals surface area contributed by atoms with Crippen molar-refractivity contribution in [2.75, 3.05) is 0 Å². The minimum absolute atomic E-state index is 0.113. The molecule has 0 spiro atoms. The number of amides is 1. The molecular weight excluding hydrogens is 320 g/mol. The van der Waals surface area contributed by atoms with Crippen LogP contribution in [0.25, 0.3) is 0 Å². The Morgan fingerprint density at radius 2 is 1.92 bits per heavy atom. The summed E-state index contributed by atoms with van der Waals surface area (Å²) in [6, 6.07) is 7.47. The molecular formula is C20H25ClN2O. The average Bonchev–Trinajstić information content (AvgIpc) is 2.43. The lowest BCUT2D eigenvalue weighted by molar-refractivity contribution is -0.170. The molecule has 0 heterocycles. The van der Waals surface area contributed by atoms with Gasteiger partial charge in [0, 0.05) is 5.02 Å². The average molecular weight is 345 g/mol. The molecule has 2 atom stereocenters. The highest BCUT2D eigenvalue weighted by molar-refractivity contribution is 6.30. The number of hydrogen-bond donors (Lipinski definition) is 1. The van der Waals surface area contributed by atoms with E-state index < -0.39 is 0 Å². The monoisotopic (exact) mass is 344 g/mol. The van der Waals surface area contributed by atoms with Gasteiger partial charge in [-0.05, 0) is 73.0 Å². The van der Waals surface area contributed by atoms with Crippen molar-refractivity contribution in [2.45, 2.75) is 52.4 Å². The van der Waals surface area contributed by atoms with Crippen LogP contribution in [0.4, 0.5) is 0 Å². The standard InChI is InChI=1S/C20H25ClN2O/c1-18-7-15-8-19(2,11-18)13-20(9-15,12-18)17(24)23-22-10-14-4-3-5-16(21)6-14/h3-6,10,15H,7-9,11-13H2,1-2H3,(H,23,24)/b22-10+. The maximum atomic E-state index is 13.0. The molecule has 0 radical (unpaired) electrons. The minimum atomic E-state index is -0.214. The summed E-state index contributed by atoms with van der Waals surface area (Å²) >= 11 is 5.98. The Morgan fingerprint density at radius 1 is 1.21 bits per heavy atom. The van der Waals surface area contributed by atoms with Gasteiger partial charge >= 0.3 is 0 Å². The van der Waals surface area contributed by atoms with Gasteiger partial charge in [-0.25, -0.2) is 5.43 Å². The summed E-state index contributed by atoms with van der Waals surface area (Å²) in [7, 11) is 0. The third-order valence-corrected chi connectivity index (χ3v) is 6.57. The van der Waals surface area contributed by atoms with Crippen LogP contribution < -0.4 is 5.43 Å². The van der Waals surface area contributed by atoms with Crippen LogP contribution in [0.2, 0.25) is 5.02 Å². The predicted molar refractivity (Wildman–Crippen MR) is 97.0 cm³/mol. The van der Waals surface area contributed by atoms with Crippen molar-refractivity contribution in [3.63, 3.8) is 0 Å². The van der Waals surface area contributed by atoms with E-state index in [1.54, 1.807) is 6.21 Å². The van der Waals surface area contributed by atoms with Crippen molar-refractivity contribution >= 4 is 23.7 Å². The number of nitrogens with zero attached hydrogens (tertiary/aromatic N) is 1. The first kappa shape index (κ1) is 16.1. The number of nitrogens with one attached hydrogen (secondary N) is 1. The zero-order valence-corrected chi connectivity index (χ0v) is 15.2. The Balaban J connectivity index is 1.50. The molecule has 0 aromatic heterocycles. The Morgan fingerprint density at radius 3 is 2.54 bits per heavy atom. The largest absolute Gasteiger partial charge is 0.273 e. The van der Waals surface area contributed by atoms with Gasteiger partial charge in [0.25, 0.3) is 0 Å². The van der Waals surface area contributed by atoms with Gasteiger partial charge in [0.15, 0.2) is 0 Å². The Labute approximate surface area is 148 Å². The summed E-state index contributed by atoms with van der Waals surface area (Å²) in [4.78, 5) is 13.0. The summed E-state index contributed by atoms with van der Waals surface area (Å²) < 4.78 is 0. The number of carbonyl (C=O) groups is 1. The summed E-state index contributed by atoms with van der Waals surface area (Å²) in [5, 5.41) is 4.88. The molecule has 4 heteroatoms. The Kier molecular flexibility index (Phi) is 3.58. The highest BCUT2D eigenvalue weighted by Gasteiger charge is 2.62. The first-order valence-corrected chi connectivity index (χ1v) is 9.27. The molecule has 4 fully saturated rings. The fourth-order valence-electron chi connectivity index (χ4n) is 6.57. The highest BCUT2D eigenvalue weighted by Crippen LogP contribution is 2.69. The fourth-order valence-corrected chi connectivity index (χ4v) is 6.77. The second kappa shape index (κ2) is 5.32. The van der Waals surface area contributed by atoms with Crippen LogP contribution in [0, 0.1) is 22.2 Å². The van der Waals surface area contributed by atoms with Crippen LogP contribution >= 0.6 is 11.6 Å². The number of hydrazone groups is 1. The SMILES string of the molecule is CC12CC3CC(C)(C1)CC(C(=O)N/N=C/c1cccc(Cl)c1)(C3)C2. The third-order valence-electron chi connectivity index (χ3n) is 6.34. The Hall–Kier alpha value is -1.35. The van der Waals surface area contributed by atoms with E-state index in [0.717, 1.165) is 24.8 Å². The van der Waals surface area contributed by atoms with Gasteiger partial charge in [0.05, 0.1) is 11.6 Å². The summed E-state index contributed by atoms with van der Waals surface area (Å²) in [5.74, 6) is 0.821. The van der Waals surface area contributed by atoms with E-state index in [0.29, 0.717) is 21.8 Å². The van der Waals surface area contributed by atoms with Gasteiger partial charge in [-0.2, -0.15) is 5.10 Å². The first-order valence-electron chi connectivity index (χ1n) is 8.89. The van der Waals surface area contributed by atoms with Gasteiger partial charge in [-0.15, -0.1) is 0 Å². The van der Waals surface area contributed by atoms with Gasteiger partial charge in [0.2, 0.25) is 5.91 Å². The van der Waals surface area contributed by atoms with Gasteiger partial charge in [-0.1, -0.05) is 37.6 Å². The molecule has 128 valence electrons. The fraction of sp³-hybridized carbons (Fsp3) is 0.600. The summed E-state index contributed by atoms with van der Waals surface area (Å²) in [5.41, 5.74) is 4.18. The van der Waals surface area contributed by atoms with Crippen LogP contribution in [0.15, 0.2) is 29.4 Å². The van der Waals surface area contributed by atoms with Crippen LogP contribution in [-0.4, -0.2) is 12.1 Å². The normalized spacial score (nSPS) is 40.2. The van der Waals surface area contributed by atoms with Gasteiger partial charge in [0.1, 0.15) is 0 Å². The second-order valence-electron chi connectivity index (χ2n) is 9.16. The zero-order chi connectivity index (χ0) is 17.0. The summed E-state index contributed by atoms with van der Waals surface area (Å²) in [6.07, 6.45) is 8.61. The van der Waals surface area contributed by atoms with E-state index >= 15 is 0 Å². The number of carbonyl (C=O) groups excluding carboxylic acids is 1. The molecule has 1 aromatic rings. The van der Waals surface area contributed by atoms with Crippen molar-refractivity contribution in [2.24, 2.45) is 27.3 Å². The van der Waals surface area contributed by atoms with Crippen molar-refractivity contribution in [3.05, 3.63) is 34.9 Å². The van der Waals surface area contributed by atoms with Gasteiger partial charge < -0.3 is 0 Å². The summed E-state index contributed by atoms with van der Waals surface area (Å²) in [6.45, 7) is 4.76. The first-order chi connectivity index (χ1) is 11.3. The number of hydrogen-bond acceptors (Lipinski definition) is 2. The molecule has 1 aromatic carbocycles.